The monoisotopic (exact) mass is 587 g/mol. The number of rotatable bonds is 4. The second kappa shape index (κ2) is 11.0. The first kappa shape index (κ1) is 27.1. The van der Waals surface area contributed by atoms with Crippen LogP contribution in [0.1, 0.15) is 28.9 Å². The summed E-state index contributed by atoms with van der Waals surface area (Å²) in [4.78, 5) is 50.0. The average Bonchev–Trinajstić information content (AvgIpc) is 3.33. The zero-order chi connectivity index (χ0) is 28.7. The van der Waals surface area contributed by atoms with E-state index in [-0.39, 0.29) is 16.7 Å². The molecule has 1 aromatic heterocycles. The van der Waals surface area contributed by atoms with Crippen LogP contribution in [-0.4, -0.2) is 58.0 Å². The highest BCUT2D eigenvalue weighted by Crippen LogP contribution is 2.42. The molecule has 0 radical (unpaired) electrons. The van der Waals surface area contributed by atoms with Gasteiger partial charge < -0.3 is 9.80 Å². The van der Waals surface area contributed by atoms with Crippen LogP contribution < -0.4 is 10.5 Å². The molecule has 6 rings (SSSR count). The van der Waals surface area contributed by atoms with Gasteiger partial charge in [-0.3, -0.25) is 14.4 Å². The highest BCUT2D eigenvalue weighted by Gasteiger charge is 2.43. The molecule has 0 aliphatic carbocycles. The van der Waals surface area contributed by atoms with E-state index in [1.54, 1.807) is 55.5 Å². The van der Waals surface area contributed by atoms with Crippen molar-refractivity contribution in [3.8, 4) is 0 Å². The maximum absolute atomic E-state index is 14.3. The van der Waals surface area contributed by atoms with Gasteiger partial charge in [-0.15, -0.1) is 0 Å². The van der Waals surface area contributed by atoms with Crippen molar-refractivity contribution < 1.29 is 9.59 Å². The minimum Gasteiger partial charge on any atom is -0.368 e. The third kappa shape index (κ3) is 4.87. The fraction of sp³-hybridized carbons (Fsp3) is 0.226. The fourth-order valence-electron chi connectivity index (χ4n) is 5.71. The summed E-state index contributed by atoms with van der Waals surface area (Å²) in [6, 6.07) is 24.3. The lowest BCUT2D eigenvalue weighted by Crippen LogP contribution is -2.53. The van der Waals surface area contributed by atoms with Gasteiger partial charge in [0.15, 0.2) is 5.82 Å². The number of fused-ring (bicyclic) bond motifs is 1. The lowest BCUT2D eigenvalue weighted by molar-refractivity contribution is -0.134. The van der Waals surface area contributed by atoms with Crippen LogP contribution in [-0.2, 0) is 4.79 Å². The SMILES string of the molecule is CC1=Nc2cc(=O)n(C(=O)c3ccccc3)n2C(c2cccc(Cl)c2Cl)C1C(=O)N1CCN(c2ccccc2)CC1. The summed E-state index contributed by atoms with van der Waals surface area (Å²) in [5, 5.41) is 0.565. The standard InChI is InChI=1S/C31H27Cl2N5O3/c1-20-27(31(41)36-17-15-35(16-18-36)22-11-6-3-7-12-22)29(23-13-8-14-24(32)28(23)33)37-25(34-20)19-26(39)38(37)30(40)21-9-4-2-5-10-21/h2-14,19,27,29H,15-18H2,1H3. The lowest BCUT2D eigenvalue weighted by Gasteiger charge is -2.40. The van der Waals surface area contributed by atoms with E-state index >= 15 is 0 Å². The number of aromatic nitrogens is 2. The second-order valence-corrected chi connectivity index (χ2v) is 10.9. The number of anilines is 1. The molecule has 0 saturated carbocycles. The van der Waals surface area contributed by atoms with Crippen LogP contribution in [0.25, 0.3) is 0 Å². The Morgan fingerprint density at radius 1 is 0.854 bits per heavy atom. The smallest absolute Gasteiger partial charge is 0.279 e. The van der Waals surface area contributed by atoms with Gasteiger partial charge in [0.2, 0.25) is 5.91 Å². The Hall–Kier alpha value is -4.14. The van der Waals surface area contributed by atoms with Crippen LogP contribution in [0, 0.1) is 5.92 Å². The predicted molar refractivity (Wildman–Crippen MR) is 161 cm³/mol. The Kier molecular flexibility index (Phi) is 7.28. The molecular formula is C31H27Cl2N5O3. The van der Waals surface area contributed by atoms with E-state index < -0.39 is 23.4 Å². The highest BCUT2D eigenvalue weighted by molar-refractivity contribution is 6.42. The van der Waals surface area contributed by atoms with Gasteiger partial charge in [-0.2, -0.15) is 4.68 Å². The van der Waals surface area contributed by atoms with Crippen LogP contribution in [0.5, 0.6) is 0 Å². The summed E-state index contributed by atoms with van der Waals surface area (Å²) >= 11 is 13.2. The second-order valence-electron chi connectivity index (χ2n) is 10.1. The molecule has 2 unspecified atom stereocenters. The summed E-state index contributed by atoms with van der Waals surface area (Å²) in [6.45, 7) is 4.16. The molecule has 1 saturated heterocycles. The molecule has 10 heteroatoms. The molecule has 2 atom stereocenters. The molecule has 0 N–H and O–H groups in total. The number of amides is 1. The van der Waals surface area contributed by atoms with Crippen LogP contribution >= 0.6 is 23.2 Å². The van der Waals surface area contributed by atoms with Crippen molar-refractivity contribution in [3.05, 3.63) is 116 Å². The van der Waals surface area contributed by atoms with Gasteiger partial charge in [-0.25, -0.2) is 9.67 Å². The molecule has 4 aromatic rings. The van der Waals surface area contributed by atoms with Gasteiger partial charge in [0.1, 0.15) is 5.92 Å². The van der Waals surface area contributed by atoms with E-state index in [0.717, 1.165) is 10.4 Å². The number of nitrogens with zero attached hydrogens (tertiary/aromatic N) is 5. The van der Waals surface area contributed by atoms with E-state index in [9.17, 15) is 14.4 Å². The maximum Gasteiger partial charge on any atom is 0.279 e. The Balaban J connectivity index is 1.43. The molecule has 1 fully saturated rings. The molecule has 1 amide bonds. The molecular weight excluding hydrogens is 561 g/mol. The topological polar surface area (TPSA) is 79.9 Å². The molecule has 3 heterocycles. The number of hydrogen-bond donors (Lipinski definition) is 0. The first-order valence-electron chi connectivity index (χ1n) is 13.4. The van der Waals surface area contributed by atoms with Gasteiger partial charge in [0, 0.05) is 49.2 Å². The van der Waals surface area contributed by atoms with Crippen molar-refractivity contribution in [2.75, 3.05) is 31.1 Å². The van der Waals surface area contributed by atoms with Crippen LogP contribution in [0.2, 0.25) is 10.0 Å². The number of para-hydroxylation sites is 1. The van der Waals surface area contributed by atoms with Crippen molar-refractivity contribution in [2.45, 2.75) is 13.0 Å². The first-order chi connectivity index (χ1) is 19.8. The largest absolute Gasteiger partial charge is 0.368 e. The van der Waals surface area contributed by atoms with Gasteiger partial charge in [0.25, 0.3) is 11.5 Å². The number of benzene rings is 3. The summed E-state index contributed by atoms with van der Waals surface area (Å²) in [6.07, 6.45) is 0. The van der Waals surface area contributed by atoms with Gasteiger partial charge >= 0.3 is 0 Å². The minimum atomic E-state index is -0.830. The zero-order valence-electron chi connectivity index (χ0n) is 22.3. The van der Waals surface area contributed by atoms with E-state index in [1.807, 2.05) is 23.1 Å². The Morgan fingerprint density at radius 2 is 1.51 bits per heavy atom. The normalized spacial score (nSPS) is 18.6. The number of aliphatic imine (C=N–C) groups is 1. The molecule has 208 valence electrons. The summed E-state index contributed by atoms with van der Waals surface area (Å²) < 4.78 is 2.56. The summed E-state index contributed by atoms with van der Waals surface area (Å²) in [5.74, 6) is -1.22. The van der Waals surface area contributed by atoms with E-state index in [1.165, 1.54) is 10.7 Å². The Labute approximate surface area is 247 Å². The van der Waals surface area contributed by atoms with Crippen LogP contribution in [0.15, 0.2) is 94.7 Å². The van der Waals surface area contributed by atoms with Gasteiger partial charge in [-0.05, 0) is 42.8 Å². The summed E-state index contributed by atoms with van der Waals surface area (Å²) in [5.41, 5.74) is 1.96. The van der Waals surface area contributed by atoms with Crippen molar-refractivity contribution in [1.82, 2.24) is 14.3 Å². The van der Waals surface area contributed by atoms with Crippen molar-refractivity contribution in [3.63, 3.8) is 0 Å². The van der Waals surface area contributed by atoms with Crippen LogP contribution in [0.4, 0.5) is 11.5 Å². The fourth-order valence-corrected chi connectivity index (χ4v) is 6.13. The van der Waals surface area contributed by atoms with Gasteiger partial charge in [-0.1, -0.05) is 71.7 Å². The van der Waals surface area contributed by atoms with E-state index in [2.05, 4.69) is 22.0 Å². The molecule has 41 heavy (non-hydrogen) atoms. The third-order valence-electron chi connectivity index (χ3n) is 7.72. The maximum atomic E-state index is 14.3. The van der Waals surface area contributed by atoms with Crippen LogP contribution in [0.3, 0.4) is 0 Å². The molecule has 0 bridgehead atoms. The number of halogens is 2. The quantitative estimate of drug-likeness (QED) is 0.324. The summed E-state index contributed by atoms with van der Waals surface area (Å²) in [7, 11) is 0. The number of carbonyl (C=O) groups is 2. The minimum absolute atomic E-state index is 0.148. The zero-order valence-corrected chi connectivity index (χ0v) is 23.8. The van der Waals surface area contributed by atoms with E-state index in [4.69, 9.17) is 23.2 Å². The number of carbonyl (C=O) groups excluding carboxylic acids is 2. The van der Waals surface area contributed by atoms with Gasteiger partial charge in [0.05, 0.1) is 16.1 Å². The Morgan fingerprint density at radius 3 is 2.20 bits per heavy atom. The third-order valence-corrected chi connectivity index (χ3v) is 8.56. The first-order valence-corrected chi connectivity index (χ1v) is 14.1. The number of hydrogen-bond acceptors (Lipinski definition) is 5. The van der Waals surface area contributed by atoms with Crippen molar-refractivity contribution in [1.29, 1.82) is 0 Å². The molecule has 2 aliphatic heterocycles. The average molecular weight is 588 g/mol. The molecule has 8 nitrogen and oxygen atoms in total. The molecule has 0 spiro atoms. The van der Waals surface area contributed by atoms with E-state index in [0.29, 0.717) is 48.0 Å². The highest BCUT2D eigenvalue weighted by atomic mass is 35.5. The molecule has 3 aromatic carbocycles. The number of piperazine rings is 1. The molecule has 2 aliphatic rings. The Bertz CT molecular complexity index is 1710. The van der Waals surface area contributed by atoms with Crippen molar-refractivity contribution in [2.24, 2.45) is 10.9 Å². The lowest BCUT2D eigenvalue weighted by atomic mass is 9.86. The predicted octanol–water partition coefficient (Wildman–Crippen LogP) is 5.31. The van der Waals surface area contributed by atoms with Crippen molar-refractivity contribution >= 4 is 52.2 Å².